The monoisotopic (exact) mass is 489 g/mol. The molecule has 0 aliphatic carbocycles. The Bertz CT molecular complexity index is 1320. The number of ether oxygens (including phenoxy) is 1. The minimum atomic E-state index is -3.93. The zero-order chi connectivity index (χ0) is 23.1. The average Bonchev–Trinajstić information content (AvgIpc) is 3.56. The van der Waals surface area contributed by atoms with E-state index in [0.717, 1.165) is 0 Å². The van der Waals surface area contributed by atoms with Crippen LogP contribution < -0.4 is 0 Å². The fraction of sp³-hybridized carbons (Fsp3) is 0.227. The number of esters is 1. The number of hydrogen-bond donors (Lipinski definition) is 0. The molecule has 0 bridgehead atoms. The van der Waals surface area contributed by atoms with E-state index in [1.54, 1.807) is 33.7 Å². The molecule has 0 aromatic carbocycles. The number of ketones is 2. The second kappa shape index (κ2) is 8.27. The predicted molar refractivity (Wildman–Crippen MR) is 121 cm³/mol. The predicted octanol–water partition coefficient (Wildman–Crippen LogP) is 3.50. The SMILES string of the molecule is C=CCS(=O)(=O)c1cc2n(c1C(=O)c1ccsc1)CCC2(C(=O)OC)C(=O)c1ccsc1. The largest absolute Gasteiger partial charge is 0.468 e. The first-order chi connectivity index (χ1) is 15.3. The molecule has 0 radical (unpaired) electrons. The highest BCUT2D eigenvalue weighted by atomic mass is 32.2. The average molecular weight is 490 g/mol. The summed E-state index contributed by atoms with van der Waals surface area (Å²) >= 11 is 2.62. The topological polar surface area (TPSA) is 99.5 Å². The second-order valence-corrected chi connectivity index (χ2v) is 10.9. The Labute approximate surface area is 192 Å². The van der Waals surface area contributed by atoms with Crippen molar-refractivity contribution in [1.29, 1.82) is 0 Å². The summed E-state index contributed by atoms with van der Waals surface area (Å²) < 4.78 is 32.6. The molecule has 0 saturated heterocycles. The van der Waals surface area contributed by atoms with Crippen molar-refractivity contribution in [3.8, 4) is 0 Å². The Kier molecular flexibility index (Phi) is 5.78. The summed E-state index contributed by atoms with van der Waals surface area (Å²) in [6.45, 7) is 3.62. The standard InChI is InChI=1S/C22H19NO6S3/c1-3-10-32(27,28)16-11-17-22(21(26)29-2,20(25)15-5-9-31-13-15)6-7-23(17)18(16)19(24)14-4-8-30-12-14/h3-5,8-9,11-13H,1,6-7,10H2,2H3. The first kappa shape index (κ1) is 22.4. The molecule has 0 amide bonds. The van der Waals surface area contributed by atoms with Crippen molar-refractivity contribution < 1.29 is 27.5 Å². The van der Waals surface area contributed by atoms with Crippen molar-refractivity contribution in [2.24, 2.45) is 0 Å². The third kappa shape index (κ3) is 3.30. The van der Waals surface area contributed by atoms with E-state index in [9.17, 15) is 22.8 Å². The first-order valence-electron chi connectivity index (χ1n) is 9.58. The van der Waals surface area contributed by atoms with Gasteiger partial charge in [0.1, 0.15) is 5.69 Å². The Morgan fingerprint density at radius 1 is 1.19 bits per heavy atom. The molecule has 166 valence electrons. The van der Waals surface area contributed by atoms with Crippen LogP contribution in [0.2, 0.25) is 0 Å². The van der Waals surface area contributed by atoms with E-state index in [1.165, 1.54) is 46.5 Å². The minimum absolute atomic E-state index is 0.0517. The maximum absolute atomic E-state index is 13.5. The van der Waals surface area contributed by atoms with Crippen molar-refractivity contribution >= 4 is 50.0 Å². The number of Topliss-reactive ketones (excluding diaryl/α,β-unsaturated/α-hetero) is 1. The van der Waals surface area contributed by atoms with Crippen LogP contribution in [0.5, 0.6) is 0 Å². The molecule has 7 nitrogen and oxygen atoms in total. The van der Waals surface area contributed by atoms with Gasteiger partial charge in [-0.15, -0.1) is 6.58 Å². The fourth-order valence-electron chi connectivity index (χ4n) is 4.11. The molecule has 0 N–H and O–H groups in total. The van der Waals surface area contributed by atoms with Crippen LogP contribution in [0.1, 0.15) is 38.5 Å². The van der Waals surface area contributed by atoms with Crippen LogP contribution in [0.15, 0.2) is 57.3 Å². The van der Waals surface area contributed by atoms with Gasteiger partial charge in [0.25, 0.3) is 0 Å². The van der Waals surface area contributed by atoms with Crippen LogP contribution >= 0.6 is 22.7 Å². The summed E-state index contributed by atoms with van der Waals surface area (Å²) in [5.74, 6) is -2.13. The molecule has 0 saturated carbocycles. The molecule has 0 spiro atoms. The van der Waals surface area contributed by atoms with Gasteiger partial charge >= 0.3 is 5.97 Å². The summed E-state index contributed by atoms with van der Waals surface area (Å²) in [6, 6.07) is 4.50. The van der Waals surface area contributed by atoms with Gasteiger partial charge < -0.3 is 9.30 Å². The van der Waals surface area contributed by atoms with Crippen molar-refractivity contribution in [3.63, 3.8) is 0 Å². The third-order valence-corrected chi connectivity index (χ3v) is 8.61. The van der Waals surface area contributed by atoms with E-state index < -0.39 is 32.8 Å². The molecule has 10 heteroatoms. The van der Waals surface area contributed by atoms with Gasteiger partial charge in [0.15, 0.2) is 21.0 Å². The maximum atomic E-state index is 13.5. The lowest BCUT2D eigenvalue weighted by Crippen LogP contribution is -2.43. The second-order valence-electron chi connectivity index (χ2n) is 7.29. The Morgan fingerprint density at radius 3 is 2.41 bits per heavy atom. The third-order valence-electron chi connectivity index (χ3n) is 5.59. The highest BCUT2D eigenvalue weighted by Crippen LogP contribution is 2.43. The van der Waals surface area contributed by atoms with Gasteiger partial charge in [-0.1, -0.05) is 6.08 Å². The summed E-state index contributed by atoms with van der Waals surface area (Å²) in [7, 11) is -2.75. The number of thiophene rings is 2. The number of fused-ring (bicyclic) bond motifs is 1. The molecular formula is C22H19NO6S3. The summed E-state index contributed by atoms with van der Waals surface area (Å²) in [4.78, 5) is 39.7. The molecule has 3 aromatic heterocycles. The van der Waals surface area contributed by atoms with Crippen LogP contribution in [0.25, 0.3) is 0 Å². The number of carbonyl (C=O) groups excluding carboxylic acids is 3. The zero-order valence-corrected chi connectivity index (χ0v) is 19.5. The number of hydrogen-bond acceptors (Lipinski definition) is 8. The Morgan fingerprint density at radius 2 is 1.84 bits per heavy atom. The summed E-state index contributed by atoms with van der Waals surface area (Å²) in [6.07, 6.45) is 1.30. The van der Waals surface area contributed by atoms with E-state index in [1.807, 2.05) is 0 Å². The zero-order valence-electron chi connectivity index (χ0n) is 17.1. The number of methoxy groups -OCH3 is 1. The minimum Gasteiger partial charge on any atom is -0.468 e. The van der Waals surface area contributed by atoms with Gasteiger partial charge in [0, 0.05) is 34.1 Å². The van der Waals surface area contributed by atoms with Gasteiger partial charge in [-0.2, -0.15) is 22.7 Å². The molecule has 32 heavy (non-hydrogen) atoms. The van der Waals surface area contributed by atoms with Crippen molar-refractivity contribution in [2.75, 3.05) is 12.9 Å². The quantitative estimate of drug-likeness (QED) is 0.208. The lowest BCUT2D eigenvalue weighted by Gasteiger charge is -2.23. The summed E-state index contributed by atoms with van der Waals surface area (Å²) in [5, 5.41) is 6.70. The van der Waals surface area contributed by atoms with E-state index in [4.69, 9.17) is 4.74 Å². The smallest absolute Gasteiger partial charge is 0.325 e. The molecule has 1 aliphatic rings. The molecule has 3 aromatic rings. The number of rotatable bonds is 8. The Balaban J connectivity index is 2.00. The number of aromatic nitrogens is 1. The van der Waals surface area contributed by atoms with E-state index in [-0.39, 0.29) is 35.0 Å². The maximum Gasteiger partial charge on any atom is 0.325 e. The van der Waals surface area contributed by atoms with Gasteiger partial charge in [-0.25, -0.2) is 8.42 Å². The molecule has 1 unspecified atom stereocenters. The van der Waals surface area contributed by atoms with Crippen LogP contribution in [-0.4, -0.2) is 43.4 Å². The van der Waals surface area contributed by atoms with Gasteiger partial charge in [-0.05, 0) is 35.4 Å². The first-order valence-corrected chi connectivity index (χ1v) is 13.1. The van der Waals surface area contributed by atoms with E-state index in [0.29, 0.717) is 11.1 Å². The Hall–Kier alpha value is -2.82. The van der Waals surface area contributed by atoms with Crippen LogP contribution in [-0.2, 0) is 31.3 Å². The number of nitrogens with zero attached hydrogens (tertiary/aromatic N) is 1. The van der Waals surface area contributed by atoms with E-state index >= 15 is 0 Å². The number of sulfone groups is 1. The fourth-order valence-corrected chi connectivity index (χ4v) is 6.66. The van der Waals surface area contributed by atoms with Crippen molar-refractivity contribution in [2.45, 2.75) is 23.3 Å². The highest BCUT2D eigenvalue weighted by Gasteiger charge is 2.55. The molecule has 4 rings (SSSR count). The van der Waals surface area contributed by atoms with Crippen LogP contribution in [0.3, 0.4) is 0 Å². The van der Waals surface area contributed by atoms with Crippen molar-refractivity contribution in [1.82, 2.24) is 4.57 Å². The molecule has 1 atom stereocenters. The highest BCUT2D eigenvalue weighted by molar-refractivity contribution is 7.91. The molecule has 1 aliphatic heterocycles. The number of carbonyl (C=O) groups is 3. The lowest BCUT2D eigenvalue weighted by atomic mass is 9.77. The van der Waals surface area contributed by atoms with Crippen LogP contribution in [0, 0.1) is 0 Å². The molecule has 0 fully saturated rings. The molecule has 4 heterocycles. The lowest BCUT2D eigenvalue weighted by molar-refractivity contribution is -0.145. The summed E-state index contributed by atoms with van der Waals surface area (Å²) in [5.41, 5.74) is -0.964. The van der Waals surface area contributed by atoms with Crippen LogP contribution in [0.4, 0.5) is 0 Å². The van der Waals surface area contributed by atoms with Crippen molar-refractivity contribution in [3.05, 3.63) is 74.9 Å². The molecular weight excluding hydrogens is 470 g/mol. The van der Waals surface area contributed by atoms with Gasteiger partial charge in [0.2, 0.25) is 5.78 Å². The van der Waals surface area contributed by atoms with E-state index in [2.05, 4.69) is 6.58 Å². The van der Waals surface area contributed by atoms with Gasteiger partial charge in [0.05, 0.1) is 17.8 Å². The normalized spacial score (nSPS) is 17.7. The van der Waals surface area contributed by atoms with Gasteiger partial charge in [-0.3, -0.25) is 14.4 Å².